The number of carbonyl (C=O) groups is 1. The topological polar surface area (TPSA) is 54.0 Å². The molecule has 1 aromatic heterocycles. The first kappa shape index (κ1) is 11.1. The average Bonchev–Trinajstić information content (AvgIpc) is 2.52. The molecule has 1 atom stereocenters. The van der Waals surface area contributed by atoms with Crippen LogP contribution in [0.3, 0.4) is 0 Å². The molecule has 0 saturated carbocycles. The molecule has 1 amide bonds. The first-order valence-corrected chi connectivity index (χ1v) is 5.37. The van der Waals surface area contributed by atoms with Gasteiger partial charge in [0.05, 0.1) is 11.7 Å². The summed E-state index contributed by atoms with van der Waals surface area (Å²) in [6, 6.07) is 0.00288. The minimum absolute atomic E-state index is 0.00288. The van der Waals surface area contributed by atoms with Gasteiger partial charge >= 0.3 is 0 Å². The van der Waals surface area contributed by atoms with Crippen molar-refractivity contribution in [2.75, 3.05) is 7.05 Å². The molecule has 1 heterocycles. The van der Waals surface area contributed by atoms with Crippen molar-refractivity contribution in [3.63, 3.8) is 0 Å². The van der Waals surface area contributed by atoms with Crippen molar-refractivity contribution < 1.29 is 4.79 Å². The molecule has 0 unspecified atom stereocenters. The summed E-state index contributed by atoms with van der Waals surface area (Å²) in [6.45, 7) is 4.21. The third kappa shape index (κ3) is 3.08. The summed E-state index contributed by atoms with van der Waals surface area (Å²) in [5.74, 6) is -0.0251. The van der Waals surface area contributed by atoms with Crippen molar-refractivity contribution in [1.29, 1.82) is 0 Å². The maximum atomic E-state index is 10.8. The van der Waals surface area contributed by atoms with Crippen LogP contribution in [0.15, 0.2) is 5.38 Å². The van der Waals surface area contributed by atoms with Crippen LogP contribution in [0.25, 0.3) is 0 Å². The molecule has 5 heteroatoms. The fourth-order valence-corrected chi connectivity index (χ4v) is 1.98. The van der Waals surface area contributed by atoms with E-state index in [1.54, 1.807) is 11.3 Å². The van der Waals surface area contributed by atoms with Crippen LogP contribution >= 0.6 is 11.3 Å². The molecular formula is C9H15N3OS. The summed E-state index contributed by atoms with van der Waals surface area (Å²) in [5, 5.41) is 8.79. The van der Waals surface area contributed by atoms with E-state index in [0.29, 0.717) is 0 Å². The van der Waals surface area contributed by atoms with Crippen molar-refractivity contribution in [1.82, 2.24) is 15.6 Å². The number of rotatable bonds is 4. The summed E-state index contributed by atoms with van der Waals surface area (Å²) in [6.07, 6.45) is 0. The molecule has 0 aliphatic carbocycles. The summed E-state index contributed by atoms with van der Waals surface area (Å²) in [5.41, 5.74) is 1.02. The molecule has 0 fully saturated rings. The third-order valence-corrected chi connectivity index (χ3v) is 2.79. The van der Waals surface area contributed by atoms with Gasteiger partial charge in [-0.1, -0.05) is 0 Å². The van der Waals surface area contributed by atoms with Gasteiger partial charge < -0.3 is 10.6 Å². The number of amides is 1. The van der Waals surface area contributed by atoms with Crippen LogP contribution in [-0.4, -0.2) is 17.9 Å². The van der Waals surface area contributed by atoms with E-state index >= 15 is 0 Å². The predicted octanol–water partition coefficient (Wildman–Crippen LogP) is 1.06. The maximum absolute atomic E-state index is 10.8. The monoisotopic (exact) mass is 213 g/mol. The molecule has 1 aromatic rings. The van der Waals surface area contributed by atoms with Gasteiger partial charge in [-0.15, -0.1) is 11.3 Å². The van der Waals surface area contributed by atoms with Crippen molar-refractivity contribution in [3.05, 3.63) is 16.1 Å². The Kier molecular flexibility index (Phi) is 4.03. The zero-order valence-electron chi connectivity index (χ0n) is 8.63. The lowest BCUT2D eigenvalue weighted by Gasteiger charge is -2.08. The van der Waals surface area contributed by atoms with Gasteiger partial charge in [-0.25, -0.2) is 4.98 Å². The van der Waals surface area contributed by atoms with Gasteiger partial charge in [0.1, 0.15) is 5.01 Å². The van der Waals surface area contributed by atoms with Crippen molar-refractivity contribution in [2.24, 2.45) is 0 Å². The number of nitrogens with zero attached hydrogens (tertiary/aromatic N) is 1. The summed E-state index contributed by atoms with van der Waals surface area (Å²) >= 11 is 1.57. The smallest absolute Gasteiger partial charge is 0.217 e. The minimum Gasteiger partial charge on any atom is -0.347 e. The average molecular weight is 213 g/mol. The standard InChI is InChI=1S/C9H15N3OS/c1-6(11-7(2)13)9-12-8(4-10-3)5-14-9/h5-6,10H,4H2,1-3H3,(H,11,13)/t6-/m0/s1. The highest BCUT2D eigenvalue weighted by Crippen LogP contribution is 2.17. The van der Waals surface area contributed by atoms with E-state index in [1.165, 1.54) is 6.92 Å². The Hall–Kier alpha value is -0.940. The molecule has 14 heavy (non-hydrogen) atoms. The van der Waals surface area contributed by atoms with Crippen LogP contribution in [0.4, 0.5) is 0 Å². The lowest BCUT2D eigenvalue weighted by molar-refractivity contribution is -0.119. The van der Waals surface area contributed by atoms with Crippen LogP contribution in [0.5, 0.6) is 0 Å². The van der Waals surface area contributed by atoms with Crippen molar-refractivity contribution in [2.45, 2.75) is 26.4 Å². The quantitative estimate of drug-likeness (QED) is 0.786. The van der Waals surface area contributed by atoms with E-state index in [1.807, 2.05) is 19.4 Å². The second kappa shape index (κ2) is 5.07. The highest BCUT2D eigenvalue weighted by Gasteiger charge is 2.10. The van der Waals surface area contributed by atoms with Crippen molar-refractivity contribution in [3.8, 4) is 0 Å². The SMILES string of the molecule is CNCc1csc([C@H](C)NC(C)=O)n1. The molecule has 0 aromatic carbocycles. The summed E-state index contributed by atoms with van der Waals surface area (Å²) in [4.78, 5) is 15.2. The normalized spacial score (nSPS) is 12.5. The van der Waals surface area contributed by atoms with E-state index in [-0.39, 0.29) is 11.9 Å². The largest absolute Gasteiger partial charge is 0.347 e. The molecule has 4 nitrogen and oxygen atoms in total. The molecule has 0 spiro atoms. The van der Waals surface area contributed by atoms with Gasteiger partial charge in [0, 0.05) is 18.8 Å². The van der Waals surface area contributed by atoms with Crippen LogP contribution in [0.2, 0.25) is 0 Å². The van der Waals surface area contributed by atoms with Gasteiger partial charge in [0.15, 0.2) is 0 Å². The van der Waals surface area contributed by atoms with Crippen LogP contribution in [0, 0.1) is 0 Å². The Bertz CT molecular complexity index is 311. The first-order chi connectivity index (χ1) is 6.63. The number of hydrogen-bond donors (Lipinski definition) is 2. The third-order valence-electron chi connectivity index (χ3n) is 1.72. The zero-order chi connectivity index (χ0) is 10.6. The Morgan fingerprint density at radius 1 is 1.71 bits per heavy atom. The Balaban J connectivity index is 2.61. The lowest BCUT2D eigenvalue weighted by atomic mass is 10.3. The Morgan fingerprint density at radius 3 is 3.00 bits per heavy atom. The second-order valence-electron chi connectivity index (χ2n) is 3.13. The molecule has 78 valence electrons. The van der Waals surface area contributed by atoms with E-state index in [2.05, 4.69) is 15.6 Å². The van der Waals surface area contributed by atoms with Gasteiger partial charge in [-0.05, 0) is 14.0 Å². The number of hydrogen-bond acceptors (Lipinski definition) is 4. The lowest BCUT2D eigenvalue weighted by Crippen LogP contribution is -2.23. The minimum atomic E-state index is -0.0251. The molecule has 0 bridgehead atoms. The number of thiazole rings is 1. The zero-order valence-corrected chi connectivity index (χ0v) is 9.44. The molecular weight excluding hydrogens is 198 g/mol. The second-order valence-corrected chi connectivity index (χ2v) is 4.02. The summed E-state index contributed by atoms with van der Waals surface area (Å²) < 4.78 is 0. The van der Waals surface area contributed by atoms with Gasteiger partial charge in [0.2, 0.25) is 5.91 Å². The highest BCUT2D eigenvalue weighted by molar-refractivity contribution is 7.09. The number of carbonyl (C=O) groups excluding carboxylic acids is 1. The van der Waals surface area contributed by atoms with E-state index < -0.39 is 0 Å². The number of nitrogens with one attached hydrogen (secondary N) is 2. The fourth-order valence-electron chi connectivity index (χ4n) is 1.15. The molecule has 0 radical (unpaired) electrons. The van der Waals surface area contributed by atoms with E-state index in [4.69, 9.17) is 0 Å². The van der Waals surface area contributed by atoms with Crippen LogP contribution in [0.1, 0.15) is 30.6 Å². The predicted molar refractivity (Wildman–Crippen MR) is 57.1 cm³/mol. The fraction of sp³-hybridized carbons (Fsp3) is 0.556. The van der Waals surface area contributed by atoms with E-state index in [9.17, 15) is 4.79 Å². The van der Waals surface area contributed by atoms with Crippen molar-refractivity contribution >= 4 is 17.2 Å². The molecule has 0 aliphatic heterocycles. The molecule has 0 aliphatic rings. The number of aromatic nitrogens is 1. The van der Waals surface area contributed by atoms with E-state index in [0.717, 1.165) is 17.2 Å². The maximum Gasteiger partial charge on any atom is 0.217 e. The first-order valence-electron chi connectivity index (χ1n) is 4.49. The van der Waals surface area contributed by atoms with Gasteiger partial charge in [-0.2, -0.15) is 0 Å². The van der Waals surface area contributed by atoms with Gasteiger partial charge in [-0.3, -0.25) is 4.79 Å². The summed E-state index contributed by atoms with van der Waals surface area (Å²) in [7, 11) is 1.89. The highest BCUT2D eigenvalue weighted by atomic mass is 32.1. The molecule has 2 N–H and O–H groups in total. The molecule has 0 saturated heterocycles. The molecule has 1 rings (SSSR count). The Labute approximate surface area is 87.7 Å². The van der Waals surface area contributed by atoms with Crippen LogP contribution in [-0.2, 0) is 11.3 Å². The Morgan fingerprint density at radius 2 is 2.43 bits per heavy atom. The van der Waals surface area contributed by atoms with Gasteiger partial charge in [0.25, 0.3) is 0 Å². The van der Waals surface area contributed by atoms with Crippen LogP contribution < -0.4 is 10.6 Å².